The molecule has 0 amide bonds. The summed E-state index contributed by atoms with van der Waals surface area (Å²) in [6.07, 6.45) is 12.6. The van der Waals surface area contributed by atoms with Crippen molar-refractivity contribution in [1.82, 2.24) is 5.32 Å². The van der Waals surface area contributed by atoms with Crippen molar-refractivity contribution in [2.75, 3.05) is 26.8 Å². The molecule has 0 aliphatic rings. The van der Waals surface area contributed by atoms with Gasteiger partial charge in [0.05, 0.1) is 6.61 Å². The molecule has 0 rings (SSSR count). The third-order valence-corrected chi connectivity index (χ3v) is 3.79. The number of hydrogen-bond acceptors (Lipinski definition) is 2. The molecule has 0 saturated heterocycles. The second-order valence-corrected chi connectivity index (χ2v) is 6.56. The van der Waals surface area contributed by atoms with Gasteiger partial charge in [0.2, 0.25) is 0 Å². The fraction of sp³-hybridized carbons (Fsp3) is 1.00. The molecule has 116 valence electrons. The molecule has 0 radical (unpaired) electrons. The number of nitrogens with one attached hydrogen (secondary N) is 1. The van der Waals surface area contributed by atoms with Gasteiger partial charge in [0.1, 0.15) is 0 Å². The van der Waals surface area contributed by atoms with E-state index in [0.717, 1.165) is 19.7 Å². The van der Waals surface area contributed by atoms with Gasteiger partial charge < -0.3 is 10.1 Å². The summed E-state index contributed by atoms with van der Waals surface area (Å²) >= 11 is 0. The number of rotatable bonds is 14. The SMILES string of the molecule is CCCCCCCCCCC(C)(C)CNCCOC. The first-order chi connectivity index (χ1) is 9.12. The first kappa shape index (κ1) is 18.9. The summed E-state index contributed by atoms with van der Waals surface area (Å²) in [4.78, 5) is 0. The smallest absolute Gasteiger partial charge is 0.0587 e. The van der Waals surface area contributed by atoms with Gasteiger partial charge in [-0.05, 0) is 11.8 Å². The van der Waals surface area contributed by atoms with Crippen LogP contribution in [0.3, 0.4) is 0 Å². The summed E-state index contributed by atoms with van der Waals surface area (Å²) in [7, 11) is 1.76. The maximum atomic E-state index is 5.05. The Morgan fingerprint density at radius 3 is 2.05 bits per heavy atom. The summed E-state index contributed by atoms with van der Waals surface area (Å²) < 4.78 is 5.05. The molecule has 1 N–H and O–H groups in total. The topological polar surface area (TPSA) is 21.3 Å². The number of unbranched alkanes of at least 4 members (excludes halogenated alkanes) is 7. The van der Waals surface area contributed by atoms with E-state index in [4.69, 9.17) is 4.74 Å². The highest BCUT2D eigenvalue weighted by atomic mass is 16.5. The molecule has 0 bridgehead atoms. The van der Waals surface area contributed by atoms with Gasteiger partial charge in [-0.15, -0.1) is 0 Å². The molecule has 0 spiro atoms. The third-order valence-electron chi connectivity index (χ3n) is 3.79. The minimum absolute atomic E-state index is 0.427. The van der Waals surface area contributed by atoms with Crippen molar-refractivity contribution in [3.05, 3.63) is 0 Å². The third kappa shape index (κ3) is 14.1. The second-order valence-electron chi connectivity index (χ2n) is 6.56. The van der Waals surface area contributed by atoms with Crippen LogP contribution in [0.5, 0.6) is 0 Å². The quantitative estimate of drug-likeness (QED) is 0.459. The Kier molecular flexibility index (Phi) is 12.9. The number of hydrogen-bond donors (Lipinski definition) is 1. The van der Waals surface area contributed by atoms with Crippen molar-refractivity contribution in [3.8, 4) is 0 Å². The van der Waals surface area contributed by atoms with Crippen LogP contribution in [-0.4, -0.2) is 26.8 Å². The lowest BCUT2D eigenvalue weighted by Crippen LogP contribution is -2.31. The first-order valence-electron chi connectivity index (χ1n) is 8.32. The molecule has 0 aromatic rings. The highest BCUT2D eigenvalue weighted by Crippen LogP contribution is 2.23. The van der Waals surface area contributed by atoms with E-state index < -0.39 is 0 Å². The van der Waals surface area contributed by atoms with Crippen molar-refractivity contribution in [1.29, 1.82) is 0 Å². The average Bonchev–Trinajstić information content (AvgIpc) is 2.38. The van der Waals surface area contributed by atoms with Crippen LogP contribution in [-0.2, 0) is 4.74 Å². The average molecular weight is 271 g/mol. The van der Waals surface area contributed by atoms with Crippen molar-refractivity contribution in [2.45, 2.75) is 78.6 Å². The molecule has 0 unspecified atom stereocenters. The normalized spacial score (nSPS) is 12.0. The molecule has 0 aliphatic heterocycles. The van der Waals surface area contributed by atoms with Crippen molar-refractivity contribution in [2.24, 2.45) is 5.41 Å². The van der Waals surface area contributed by atoms with E-state index in [1.54, 1.807) is 7.11 Å². The zero-order chi connectivity index (χ0) is 14.4. The number of methoxy groups -OCH3 is 1. The molecule has 0 fully saturated rings. The molecule has 0 aromatic heterocycles. The Labute approximate surface area is 121 Å². The van der Waals surface area contributed by atoms with Crippen LogP contribution in [0.1, 0.15) is 78.6 Å². The Morgan fingerprint density at radius 1 is 0.895 bits per heavy atom. The van der Waals surface area contributed by atoms with E-state index in [-0.39, 0.29) is 0 Å². The zero-order valence-electron chi connectivity index (χ0n) is 13.9. The zero-order valence-corrected chi connectivity index (χ0v) is 13.9. The first-order valence-corrected chi connectivity index (χ1v) is 8.32. The molecular formula is C17H37NO. The van der Waals surface area contributed by atoms with Gasteiger partial charge in [-0.25, -0.2) is 0 Å². The van der Waals surface area contributed by atoms with Crippen molar-refractivity contribution >= 4 is 0 Å². The molecule has 2 nitrogen and oxygen atoms in total. The van der Waals surface area contributed by atoms with Crippen LogP contribution in [0.4, 0.5) is 0 Å². The van der Waals surface area contributed by atoms with E-state index in [9.17, 15) is 0 Å². The van der Waals surface area contributed by atoms with Crippen LogP contribution < -0.4 is 5.32 Å². The van der Waals surface area contributed by atoms with Gasteiger partial charge in [-0.1, -0.05) is 72.1 Å². The minimum Gasteiger partial charge on any atom is -0.383 e. The predicted octanol–water partition coefficient (Wildman–Crippen LogP) is 4.78. The molecule has 19 heavy (non-hydrogen) atoms. The van der Waals surface area contributed by atoms with Gasteiger partial charge in [0, 0.05) is 20.2 Å². The molecule has 2 heteroatoms. The summed E-state index contributed by atoms with van der Waals surface area (Å²) in [6.45, 7) is 9.91. The van der Waals surface area contributed by atoms with Gasteiger partial charge in [-0.2, -0.15) is 0 Å². The fourth-order valence-electron chi connectivity index (χ4n) is 2.43. The predicted molar refractivity (Wildman–Crippen MR) is 85.8 cm³/mol. The van der Waals surface area contributed by atoms with Crippen LogP contribution in [0, 0.1) is 5.41 Å². The lowest BCUT2D eigenvalue weighted by molar-refractivity contribution is 0.192. The monoisotopic (exact) mass is 271 g/mol. The Morgan fingerprint density at radius 2 is 1.47 bits per heavy atom. The lowest BCUT2D eigenvalue weighted by Gasteiger charge is -2.25. The Hall–Kier alpha value is -0.0800. The van der Waals surface area contributed by atoms with E-state index in [2.05, 4.69) is 26.1 Å². The largest absolute Gasteiger partial charge is 0.383 e. The number of ether oxygens (including phenoxy) is 1. The van der Waals surface area contributed by atoms with Crippen LogP contribution in [0.2, 0.25) is 0 Å². The molecule has 0 saturated carbocycles. The Balaban J connectivity index is 3.32. The van der Waals surface area contributed by atoms with Gasteiger partial charge in [-0.3, -0.25) is 0 Å². The maximum Gasteiger partial charge on any atom is 0.0587 e. The van der Waals surface area contributed by atoms with E-state index >= 15 is 0 Å². The summed E-state index contributed by atoms with van der Waals surface area (Å²) in [5, 5.41) is 3.48. The second kappa shape index (κ2) is 12.9. The van der Waals surface area contributed by atoms with Gasteiger partial charge in [0.25, 0.3) is 0 Å². The van der Waals surface area contributed by atoms with Crippen molar-refractivity contribution < 1.29 is 4.74 Å². The van der Waals surface area contributed by atoms with Crippen molar-refractivity contribution in [3.63, 3.8) is 0 Å². The maximum absolute atomic E-state index is 5.05. The molecule has 0 aromatic carbocycles. The molecule has 0 atom stereocenters. The molecular weight excluding hydrogens is 234 g/mol. The molecule has 0 heterocycles. The highest BCUT2D eigenvalue weighted by Gasteiger charge is 2.16. The van der Waals surface area contributed by atoms with Gasteiger partial charge in [0.15, 0.2) is 0 Å². The summed E-state index contributed by atoms with van der Waals surface area (Å²) in [5.74, 6) is 0. The lowest BCUT2D eigenvalue weighted by atomic mass is 9.86. The van der Waals surface area contributed by atoms with E-state index in [0.29, 0.717) is 5.41 Å². The van der Waals surface area contributed by atoms with Crippen LogP contribution in [0.25, 0.3) is 0 Å². The van der Waals surface area contributed by atoms with E-state index in [1.807, 2.05) is 0 Å². The van der Waals surface area contributed by atoms with Crippen LogP contribution in [0.15, 0.2) is 0 Å². The van der Waals surface area contributed by atoms with E-state index in [1.165, 1.54) is 57.8 Å². The van der Waals surface area contributed by atoms with Gasteiger partial charge >= 0.3 is 0 Å². The Bertz CT molecular complexity index is 180. The minimum atomic E-state index is 0.427. The summed E-state index contributed by atoms with van der Waals surface area (Å²) in [5.41, 5.74) is 0.427. The standard InChI is InChI=1S/C17H37NO/c1-5-6-7-8-9-10-11-12-13-17(2,3)16-18-14-15-19-4/h18H,5-16H2,1-4H3. The summed E-state index contributed by atoms with van der Waals surface area (Å²) in [6, 6.07) is 0. The fourth-order valence-corrected chi connectivity index (χ4v) is 2.43. The van der Waals surface area contributed by atoms with Crippen LogP contribution >= 0.6 is 0 Å². The highest BCUT2D eigenvalue weighted by molar-refractivity contribution is 4.71. The molecule has 0 aliphatic carbocycles.